The predicted molar refractivity (Wildman–Crippen MR) is 71.0 cm³/mol. The molecule has 0 bridgehead atoms. The van der Waals surface area contributed by atoms with E-state index in [1.54, 1.807) is 18.2 Å². The third-order valence-electron chi connectivity index (χ3n) is 2.56. The topological polar surface area (TPSA) is 46.2 Å². The Bertz CT molecular complexity index is 454. The largest absolute Gasteiger partial charge is 0.313 e. The molecule has 0 saturated heterocycles. The molecular weight excluding hydrogens is 234 g/mol. The number of benzene rings is 1. The zero-order valence-electron chi connectivity index (χ0n) is 10.7. The monoisotopic (exact) mass is 255 g/mol. The van der Waals surface area contributed by atoms with Gasteiger partial charge in [-0.2, -0.15) is 0 Å². The van der Waals surface area contributed by atoms with Gasteiger partial charge in [-0.3, -0.25) is 0 Å². The molecule has 96 valence electrons. The Morgan fingerprint density at radius 2 is 2.06 bits per heavy atom. The predicted octanol–water partition coefficient (Wildman–Crippen LogP) is 2.16. The van der Waals surface area contributed by atoms with Crippen molar-refractivity contribution in [2.75, 3.05) is 12.3 Å². The third kappa shape index (κ3) is 4.48. The molecule has 0 radical (unpaired) electrons. The van der Waals surface area contributed by atoms with Crippen molar-refractivity contribution < 1.29 is 8.42 Å². The molecule has 1 aromatic carbocycles. The van der Waals surface area contributed by atoms with Gasteiger partial charge in [0.15, 0.2) is 9.84 Å². The number of aryl methyl sites for hydroxylation is 1. The fourth-order valence-electron chi connectivity index (χ4n) is 1.68. The van der Waals surface area contributed by atoms with Crippen molar-refractivity contribution in [1.82, 2.24) is 5.32 Å². The van der Waals surface area contributed by atoms with Gasteiger partial charge in [-0.15, -0.1) is 0 Å². The van der Waals surface area contributed by atoms with Gasteiger partial charge in [-0.05, 0) is 44.5 Å². The summed E-state index contributed by atoms with van der Waals surface area (Å²) >= 11 is 0. The molecule has 3 nitrogen and oxygen atoms in total. The van der Waals surface area contributed by atoms with E-state index in [1.807, 2.05) is 19.9 Å². The van der Waals surface area contributed by atoms with Crippen LogP contribution in [0.15, 0.2) is 29.2 Å². The van der Waals surface area contributed by atoms with E-state index in [-0.39, 0.29) is 11.8 Å². The van der Waals surface area contributed by atoms with Gasteiger partial charge < -0.3 is 5.32 Å². The lowest BCUT2D eigenvalue weighted by atomic mass is 10.2. The van der Waals surface area contributed by atoms with Crippen molar-refractivity contribution in [2.24, 2.45) is 0 Å². The average molecular weight is 255 g/mol. The highest BCUT2D eigenvalue weighted by Crippen LogP contribution is 2.13. The van der Waals surface area contributed by atoms with Crippen LogP contribution in [0.25, 0.3) is 0 Å². The Kier molecular flexibility index (Phi) is 5.15. The maximum Gasteiger partial charge on any atom is 0.179 e. The average Bonchev–Trinajstić information content (AvgIpc) is 2.26. The summed E-state index contributed by atoms with van der Waals surface area (Å²) in [5.41, 5.74) is 0.972. The quantitative estimate of drug-likeness (QED) is 0.847. The van der Waals surface area contributed by atoms with Crippen LogP contribution in [-0.4, -0.2) is 26.8 Å². The summed E-state index contributed by atoms with van der Waals surface area (Å²) in [7, 11) is -3.17. The molecule has 0 fully saturated rings. The van der Waals surface area contributed by atoms with Crippen molar-refractivity contribution in [1.29, 1.82) is 0 Å². The molecule has 1 atom stereocenters. The number of sulfone groups is 1. The minimum absolute atomic E-state index is 0.0135. The first kappa shape index (κ1) is 14.2. The van der Waals surface area contributed by atoms with Crippen LogP contribution >= 0.6 is 0 Å². The van der Waals surface area contributed by atoms with E-state index < -0.39 is 9.84 Å². The molecule has 0 aliphatic heterocycles. The third-order valence-corrected chi connectivity index (χ3v) is 4.47. The Labute approximate surface area is 104 Å². The maximum atomic E-state index is 12.1. The molecule has 0 heterocycles. The molecule has 1 rings (SSSR count). The van der Waals surface area contributed by atoms with E-state index >= 15 is 0 Å². The highest BCUT2D eigenvalue weighted by molar-refractivity contribution is 7.91. The minimum Gasteiger partial charge on any atom is -0.313 e. The highest BCUT2D eigenvalue weighted by atomic mass is 32.2. The van der Waals surface area contributed by atoms with Gasteiger partial charge in [0.1, 0.15) is 0 Å². The summed E-state index contributed by atoms with van der Waals surface area (Å²) in [6.07, 6.45) is 1.01. The van der Waals surface area contributed by atoms with E-state index in [9.17, 15) is 8.42 Å². The first-order valence-electron chi connectivity index (χ1n) is 5.98. The van der Waals surface area contributed by atoms with Crippen LogP contribution in [0.4, 0.5) is 0 Å². The van der Waals surface area contributed by atoms with Gasteiger partial charge >= 0.3 is 0 Å². The van der Waals surface area contributed by atoms with Crippen molar-refractivity contribution >= 4 is 9.84 Å². The molecule has 0 aromatic heterocycles. The molecule has 0 amide bonds. The Hall–Kier alpha value is -0.870. The summed E-state index contributed by atoms with van der Waals surface area (Å²) in [4.78, 5) is 0.419. The number of rotatable bonds is 6. The van der Waals surface area contributed by atoms with Crippen LogP contribution < -0.4 is 5.32 Å². The molecule has 0 saturated carbocycles. The fourth-order valence-corrected chi connectivity index (χ4v) is 3.30. The van der Waals surface area contributed by atoms with Crippen LogP contribution in [-0.2, 0) is 9.84 Å². The van der Waals surface area contributed by atoms with Crippen LogP contribution in [0.5, 0.6) is 0 Å². The number of hydrogen-bond donors (Lipinski definition) is 1. The molecule has 1 N–H and O–H groups in total. The summed E-state index contributed by atoms with van der Waals surface area (Å²) in [5.74, 6) is 0.149. The summed E-state index contributed by atoms with van der Waals surface area (Å²) in [6.45, 7) is 6.72. The van der Waals surface area contributed by atoms with Crippen molar-refractivity contribution in [3.63, 3.8) is 0 Å². The minimum atomic E-state index is -3.17. The highest BCUT2D eigenvalue weighted by Gasteiger charge is 2.17. The standard InChI is InChI=1S/C13H21NO2S/c1-4-8-14-12(3)10-17(15,16)13-7-5-6-11(2)9-13/h5-7,9,12,14H,4,8,10H2,1-3H3. The second-order valence-corrected chi connectivity index (χ2v) is 6.49. The lowest BCUT2D eigenvalue weighted by Gasteiger charge is -2.13. The lowest BCUT2D eigenvalue weighted by molar-refractivity contribution is 0.555. The van der Waals surface area contributed by atoms with Gasteiger partial charge in [-0.1, -0.05) is 19.1 Å². The zero-order chi connectivity index (χ0) is 12.9. The van der Waals surface area contributed by atoms with Gasteiger partial charge in [0.05, 0.1) is 10.6 Å². The van der Waals surface area contributed by atoms with Gasteiger partial charge in [0.25, 0.3) is 0 Å². The van der Waals surface area contributed by atoms with Crippen LogP contribution in [0.2, 0.25) is 0 Å². The molecule has 4 heteroatoms. The van der Waals surface area contributed by atoms with E-state index in [4.69, 9.17) is 0 Å². The molecule has 0 spiro atoms. The van der Waals surface area contributed by atoms with Crippen LogP contribution in [0, 0.1) is 6.92 Å². The normalized spacial score (nSPS) is 13.6. The van der Waals surface area contributed by atoms with E-state index in [0.717, 1.165) is 18.5 Å². The summed E-state index contributed by atoms with van der Waals surface area (Å²) in [5, 5.41) is 3.19. The Morgan fingerprint density at radius 1 is 1.35 bits per heavy atom. The van der Waals surface area contributed by atoms with E-state index in [2.05, 4.69) is 12.2 Å². The Balaban J connectivity index is 2.75. The molecule has 0 aliphatic rings. The molecular formula is C13H21NO2S. The van der Waals surface area contributed by atoms with Crippen molar-refractivity contribution in [2.45, 2.75) is 38.1 Å². The van der Waals surface area contributed by atoms with E-state index in [0.29, 0.717) is 4.90 Å². The second-order valence-electron chi connectivity index (χ2n) is 4.45. The van der Waals surface area contributed by atoms with E-state index in [1.165, 1.54) is 0 Å². The zero-order valence-corrected chi connectivity index (χ0v) is 11.5. The summed E-state index contributed by atoms with van der Waals surface area (Å²) < 4.78 is 24.2. The maximum absolute atomic E-state index is 12.1. The number of hydrogen-bond acceptors (Lipinski definition) is 3. The second kappa shape index (κ2) is 6.17. The van der Waals surface area contributed by atoms with Gasteiger partial charge in [0.2, 0.25) is 0 Å². The molecule has 1 unspecified atom stereocenters. The first-order valence-corrected chi connectivity index (χ1v) is 7.63. The fraction of sp³-hybridized carbons (Fsp3) is 0.538. The molecule has 1 aromatic rings. The molecule has 17 heavy (non-hydrogen) atoms. The van der Waals surface area contributed by atoms with Gasteiger partial charge in [-0.25, -0.2) is 8.42 Å². The van der Waals surface area contributed by atoms with Crippen molar-refractivity contribution in [3.8, 4) is 0 Å². The van der Waals surface area contributed by atoms with Crippen LogP contribution in [0.1, 0.15) is 25.8 Å². The lowest BCUT2D eigenvalue weighted by Crippen LogP contribution is -2.33. The smallest absolute Gasteiger partial charge is 0.179 e. The molecule has 0 aliphatic carbocycles. The number of nitrogens with one attached hydrogen (secondary N) is 1. The van der Waals surface area contributed by atoms with Crippen molar-refractivity contribution in [3.05, 3.63) is 29.8 Å². The van der Waals surface area contributed by atoms with Crippen LogP contribution in [0.3, 0.4) is 0 Å². The SMILES string of the molecule is CCCNC(C)CS(=O)(=O)c1cccc(C)c1. The van der Waals surface area contributed by atoms with Gasteiger partial charge in [0, 0.05) is 6.04 Å². The summed E-state index contributed by atoms with van der Waals surface area (Å²) in [6, 6.07) is 7.06. The Morgan fingerprint density at radius 3 is 2.65 bits per heavy atom. The first-order chi connectivity index (χ1) is 7.95.